The van der Waals surface area contributed by atoms with Crippen molar-refractivity contribution in [2.75, 3.05) is 38.7 Å². The molecule has 2 N–H and O–H groups in total. The third kappa shape index (κ3) is 3.73. The molecule has 1 aliphatic heterocycles. The van der Waals surface area contributed by atoms with E-state index in [0.29, 0.717) is 37.6 Å². The molecule has 30 heavy (non-hydrogen) atoms. The molecule has 1 fully saturated rings. The zero-order valence-corrected chi connectivity index (χ0v) is 17.9. The number of ether oxygens (including phenoxy) is 2. The Morgan fingerprint density at radius 1 is 1.27 bits per heavy atom. The third-order valence-corrected chi connectivity index (χ3v) is 5.37. The number of hydrogen-bond donors (Lipinski definition) is 2. The molecule has 1 amide bonds. The van der Waals surface area contributed by atoms with Gasteiger partial charge in [0.05, 0.1) is 26.0 Å². The summed E-state index contributed by atoms with van der Waals surface area (Å²) in [6.45, 7) is 8.66. The van der Waals surface area contributed by atoms with Gasteiger partial charge in [0.2, 0.25) is 0 Å². The summed E-state index contributed by atoms with van der Waals surface area (Å²) in [5.74, 6) is 0.647. The first-order valence-electron chi connectivity index (χ1n) is 10.3. The highest BCUT2D eigenvalue weighted by atomic mass is 16.5. The number of nitrogens with zero attached hydrogens (tertiary/aromatic N) is 2. The Hall–Kier alpha value is -3.06. The van der Waals surface area contributed by atoms with Crippen LogP contribution in [-0.2, 0) is 4.74 Å². The number of hydrogen-bond acceptors (Lipinski definition) is 5. The topological polar surface area (TPSA) is 79.5 Å². The number of fused-ring (bicyclic) bond motifs is 1. The molecule has 0 aliphatic carbocycles. The predicted molar refractivity (Wildman–Crippen MR) is 118 cm³/mol. The van der Waals surface area contributed by atoms with Crippen molar-refractivity contribution in [3.63, 3.8) is 0 Å². The number of aromatic nitrogens is 2. The quantitative estimate of drug-likeness (QED) is 0.671. The van der Waals surface area contributed by atoms with Crippen molar-refractivity contribution < 1.29 is 14.3 Å². The number of methoxy groups -OCH3 is 1. The van der Waals surface area contributed by atoms with Gasteiger partial charge in [0.1, 0.15) is 11.4 Å². The van der Waals surface area contributed by atoms with Crippen LogP contribution in [0, 0.1) is 6.92 Å². The first kappa shape index (κ1) is 20.2. The number of amides is 1. The maximum absolute atomic E-state index is 12.9. The molecule has 1 aromatic carbocycles. The Labute approximate surface area is 176 Å². The van der Waals surface area contributed by atoms with Gasteiger partial charge in [-0.05, 0) is 44.5 Å². The van der Waals surface area contributed by atoms with Gasteiger partial charge in [0.15, 0.2) is 0 Å². The molecule has 3 heterocycles. The van der Waals surface area contributed by atoms with Crippen LogP contribution in [0.3, 0.4) is 0 Å². The normalized spacial score (nSPS) is 14.4. The van der Waals surface area contributed by atoms with E-state index in [0.717, 1.165) is 33.4 Å². The molecule has 4 rings (SSSR count). The number of carbonyl (C=O) groups excluding carboxylic acids is 1. The number of morpholine rings is 1. The van der Waals surface area contributed by atoms with Crippen molar-refractivity contribution in [3.8, 4) is 16.9 Å². The van der Waals surface area contributed by atoms with Crippen LogP contribution in [0.25, 0.3) is 22.2 Å². The smallest absolute Gasteiger partial charge is 0.254 e. The van der Waals surface area contributed by atoms with Gasteiger partial charge in [-0.2, -0.15) is 0 Å². The van der Waals surface area contributed by atoms with Crippen molar-refractivity contribution in [1.82, 2.24) is 14.9 Å². The molecule has 0 bridgehead atoms. The number of H-pyrrole nitrogens is 1. The molecule has 0 saturated carbocycles. The summed E-state index contributed by atoms with van der Waals surface area (Å²) < 4.78 is 11.1. The van der Waals surface area contributed by atoms with Crippen LogP contribution in [0.2, 0.25) is 0 Å². The highest BCUT2D eigenvalue weighted by Gasteiger charge is 2.22. The average Bonchev–Trinajstić information content (AvgIpc) is 3.14. The van der Waals surface area contributed by atoms with Gasteiger partial charge in [-0.15, -0.1) is 0 Å². The summed E-state index contributed by atoms with van der Waals surface area (Å²) in [4.78, 5) is 22.6. The zero-order chi connectivity index (χ0) is 21.3. The average molecular weight is 409 g/mol. The lowest BCUT2D eigenvalue weighted by atomic mass is 9.99. The van der Waals surface area contributed by atoms with E-state index >= 15 is 0 Å². The minimum Gasteiger partial charge on any atom is -0.496 e. The first-order chi connectivity index (χ1) is 14.5. The number of aromatic amines is 1. The third-order valence-electron chi connectivity index (χ3n) is 5.37. The molecule has 0 spiro atoms. The zero-order valence-electron chi connectivity index (χ0n) is 17.9. The van der Waals surface area contributed by atoms with E-state index in [9.17, 15) is 4.79 Å². The molecule has 1 saturated heterocycles. The number of aryl methyl sites for hydroxylation is 1. The van der Waals surface area contributed by atoms with Crippen molar-refractivity contribution in [3.05, 3.63) is 41.7 Å². The highest BCUT2D eigenvalue weighted by molar-refractivity contribution is 6.02. The predicted octanol–water partition coefficient (Wildman–Crippen LogP) is 3.84. The molecule has 2 aromatic heterocycles. The molecule has 7 nitrogen and oxygen atoms in total. The van der Waals surface area contributed by atoms with Gasteiger partial charge in [-0.3, -0.25) is 4.79 Å². The van der Waals surface area contributed by atoms with Crippen LogP contribution in [0.4, 0.5) is 5.69 Å². The van der Waals surface area contributed by atoms with E-state index in [2.05, 4.69) is 36.1 Å². The summed E-state index contributed by atoms with van der Waals surface area (Å²) in [5, 5.41) is 4.64. The van der Waals surface area contributed by atoms with E-state index in [1.165, 1.54) is 0 Å². The monoisotopic (exact) mass is 408 g/mol. The van der Waals surface area contributed by atoms with Gasteiger partial charge < -0.3 is 24.7 Å². The molecule has 3 aromatic rings. The highest BCUT2D eigenvalue weighted by Crippen LogP contribution is 2.40. The first-order valence-corrected chi connectivity index (χ1v) is 10.3. The SMILES string of the molecule is COc1cc(C(=O)N2CCOCC2)ccc1-c1cnc2[nH]cc(C)c2c1NC(C)C. The van der Waals surface area contributed by atoms with Crippen LogP contribution >= 0.6 is 0 Å². The Balaban J connectivity index is 1.79. The van der Waals surface area contributed by atoms with Crippen LogP contribution in [0.1, 0.15) is 29.8 Å². The molecule has 0 unspecified atom stereocenters. The van der Waals surface area contributed by atoms with Crippen molar-refractivity contribution in [2.45, 2.75) is 26.8 Å². The lowest BCUT2D eigenvalue weighted by molar-refractivity contribution is 0.0302. The summed E-state index contributed by atoms with van der Waals surface area (Å²) in [6, 6.07) is 5.88. The van der Waals surface area contributed by atoms with Crippen molar-refractivity contribution >= 4 is 22.6 Å². The second-order valence-corrected chi connectivity index (χ2v) is 7.86. The Bertz CT molecular complexity index is 1070. The van der Waals surface area contributed by atoms with E-state index < -0.39 is 0 Å². The van der Waals surface area contributed by atoms with Gasteiger partial charge in [-0.25, -0.2) is 4.98 Å². The molecular formula is C23H28N4O3. The number of nitrogens with one attached hydrogen (secondary N) is 2. The number of pyridine rings is 1. The number of anilines is 1. The van der Waals surface area contributed by atoms with Gasteiger partial charge in [0, 0.05) is 53.6 Å². The Kier molecular flexibility index (Phi) is 5.63. The fourth-order valence-corrected chi connectivity index (χ4v) is 3.89. The minimum absolute atomic E-state index is 0.00117. The second kappa shape index (κ2) is 8.36. The van der Waals surface area contributed by atoms with E-state index in [-0.39, 0.29) is 11.9 Å². The lowest BCUT2D eigenvalue weighted by Crippen LogP contribution is -2.40. The van der Waals surface area contributed by atoms with Crippen molar-refractivity contribution in [1.29, 1.82) is 0 Å². The van der Waals surface area contributed by atoms with Gasteiger partial charge in [0.25, 0.3) is 5.91 Å². The van der Waals surface area contributed by atoms with Crippen LogP contribution in [-0.4, -0.2) is 60.2 Å². The Morgan fingerprint density at radius 3 is 2.73 bits per heavy atom. The summed E-state index contributed by atoms with van der Waals surface area (Å²) in [6.07, 6.45) is 3.82. The van der Waals surface area contributed by atoms with Crippen LogP contribution in [0.15, 0.2) is 30.6 Å². The number of rotatable bonds is 5. The van der Waals surface area contributed by atoms with E-state index in [1.807, 2.05) is 35.5 Å². The molecule has 0 atom stereocenters. The maximum Gasteiger partial charge on any atom is 0.254 e. The fourth-order valence-electron chi connectivity index (χ4n) is 3.89. The van der Waals surface area contributed by atoms with Crippen molar-refractivity contribution in [2.24, 2.45) is 0 Å². The summed E-state index contributed by atoms with van der Waals surface area (Å²) >= 11 is 0. The molecule has 1 aliphatic rings. The van der Waals surface area contributed by atoms with Crippen LogP contribution in [0.5, 0.6) is 5.75 Å². The molecule has 0 radical (unpaired) electrons. The number of carbonyl (C=O) groups is 1. The van der Waals surface area contributed by atoms with Crippen LogP contribution < -0.4 is 10.1 Å². The Morgan fingerprint density at radius 2 is 2.03 bits per heavy atom. The largest absolute Gasteiger partial charge is 0.496 e. The van der Waals surface area contributed by atoms with Gasteiger partial charge >= 0.3 is 0 Å². The lowest BCUT2D eigenvalue weighted by Gasteiger charge is -2.27. The van der Waals surface area contributed by atoms with E-state index in [1.54, 1.807) is 7.11 Å². The molecule has 158 valence electrons. The molecule has 7 heteroatoms. The summed E-state index contributed by atoms with van der Waals surface area (Å²) in [5.41, 5.74) is 5.44. The second-order valence-electron chi connectivity index (χ2n) is 7.86. The van der Waals surface area contributed by atoms with E-state index in [4.69, 9.17) is 9.47 Å². The molecular weight excluding hydrogens is 380 g/mol. The maximum atomic E-state index is 12.9. The standard InChI is InChI=1S/C23H28N4O3/c1-14(2)26-21-18(13-25-22-20(21)15(3)12-24-22)17-6-5-16(11-19(17)29-4)23(28)27-7-9-30-10-8-27/h5-6,11-14H,7-10H2,1-4H3,(H2,24,25,26). The van der Waals surface area contributed by atoms with Gasteiger partial charge in [-0.1, -0.05) is 0 Å². The fraction of sp³-hybridized carbons (Fsp3) is 0.391. The minimum atomic E-state index is -0.00117. The summed E-state index contributed by atoms with van der Waals surface area (Å²) in [7, 11) is 1.63. The number of benzene rings is 1.